The third-order valence-corrected chi connectivity index (χ3v) is 6.17. The summed E-state index contributed by atoms with van der Waals surface area (Å²) in [7, 11) is 0. The molecule has 0 bridgehead atoms. The summed E-state index contributed by atoms with van der Waals surface area (Å²) in [6, 6.07) is 19.8. The molecule has 5 rings (SSSR count). The van der Waals surface area contributed by atoms with Crippen LogP contribution in [0.5, 0.6) is 5.75 Å². The second-order valence-electron chi connectivity index (χ2n) is 8.06. The van der Waals surface area contributed by atoms with Gasteiger partial charge in [-0.3, -0.25) is 10.1 Å². The van der Waals surface area contributed by atoms with Gasteiger partial charge in [0, 0.05) is 0 Å². The lowest BCUT2D eigenvalue weighted by molar-refractivity contribution is -0.381. The lowest BCUT2D eigenvalue weighted by Crippen LogP contribution is -2.28. The normalized spacial score (nSPS) is 17.3. The molecule has 0 saturated carbocycles. The molecular weight excluding hydrogens is 362 g/mol. The smallest absolute Gasteiger partial charge is 0.262 e. The van der Waals surface area contributed by atoms with E-state index in [1.54, 1.807) is 6.07 Å². The Morgan fingerprint density at radius 1 is 0.897 bits per heavy atom. The molecule has 0 saturated heterocycles. The summed E-state index contributed by atoms with van der Waals surface area (Å²) in [6.07, 6.45) is 2.15. The van der Waals surface area contributed by atoms with Crippen molar-refractivity contribution in [1.82, 2.24) is 0 Å². The third-order valence-electron chi connectivity index (χ3n) is 6.17. The van der Waals surface area contributed by atoms with Crippen LogP contribution < -0.4 is 10.4 Å². The molecule has 3 aromatic rings. The average Bonchev–Trinajstić information content (AvgIpc) is 2.73. The molecule has 0 spiro atoms. The van der Waals surface area contributed by atoms with Crippen LogP contribution in [0.4, 0.5) is 0 Å². The Morgan fingerprint density at radius 2 is 1.66 bits per heavy atom. The molecule has 29 heavy (non-hydrogen) atoms. The van der Waals surface area contributed by atoms with Crippen LogP contribution in [-0.4, -0.2) is 10.0 Å². The summed E-state index contributed by atoms with van der Waals surface area (Å²) in [5.41, 5.74) is 4.86. The van der Waals surface area contributed by atoms with Crippen LogP contribution in [0.3, 0.4) is 0 Å². The SMILES string of the molecule is CC1CC(c2ccccc2)=c2ccc3c(c2C1)CC([N+](=O)[O-])=c1c(O)cccc1=3. The minimum absolute atomic E-state index is 0.0255. The van der Waals surface area contributed by atoms with Crippen LogP contribution >= 0.6 is 0 Å². The average molecular weight is 383 g/mol. The zero-order valence-corrected chi connectivity index (χ0v) is 16.2. The zero-order chi connectivity index (χ0) is 20.1. The number of nitrogens with zero attached hydrogens (tertiary/aromatic N) is 1. The predicted molar refractivity (Wildman–Crippen MR) is 112 cm³/mol. The molecule has 0 amide bonds. The molecule has 2 aliphatic rings. The largest absolute Gasteiger partial charge is 0.507 e. The highest BCUT2D eigenvalue weighted by molar-refractivity contribution is 5.68. The maximum Gasteiger partial charge on any atom is 0.262 e. The van der Waals surface area contributed by atoms with E-state index in [9.17, 15) is 15.2 Å². The summed E-state index contributed by atoms with van der Waals surface area (Å²) < 4.78 is 0. The van der Waals surface area contributed by atoms with Gasteiger partial charge in [-0.2, -0.15) is 0 Å². The van der Waals surface area contributed by atoms with Gasteiger partial charge in [-0.25, -0.2) is 0 Å². The summed E-state index contributed by atoms with van der Waals surface area (Å²) in [6.45, 7) is 2.24. The first kappa shape index (κ1) is 17.7. The van der Waals surface area contributed by atoms with E-state index in [0.29, 0.717) is 11.1 Å². The van der Waals surface area contributed by atoms with Crippen LogP contribution in [-0.2, 0) is 12.8 Å². The van der Waals surface area contributed by atoms with Crippen molar-refractivity contribution in [3.63, 3.8) is 0 Å². The van der Waals surface area contributed by atoms with Gasteiger partial charge in [0.05, 0.1) is 16.6 Å². The van der Waals surface area contributed by atoms with E-state index in [1.807, 2.05) is 12.1 Å². The Morgan fingerprint density at radius 3 is 2.41 bits per heavy atom. The highest BCUT2D eigenvalue weighted by Gasteiger charge is 2.26. The Kier molecular flexibility index (Phi) is 4.02. The number of benzene rings is 3. The number of aromatic hydroxyl groups is 1. The molecule has 0 aromatic heterocycles. The Bertz CT molecular complexity index is 1370. The highest BCUT2D eigenvalue weighted by atomic mass is 16.6. The van der Waals surface area contributed by atoms with Crippen molar-refractivity contribution in [3.8, 4) is 5.75 Å². The molecule has 0 aliphatic heterocycles. The monoisotopic (exact) mass is 383 g/mol. The van der Waals surface area contributed by atoms with Crippen molar-refractivity contribution in [2.45, 2.75) is 26.2 Å². The first-order valence-electron chi connectivity index (χ1n) is 9.94. The number of phenolic OH excluding ortho intramolecular Hbond substituents is 1. The predicted octanol–water partition coefficient (Wildman–Crippen LogP) is 3.40. The molecule has 1 atom stereocenters. The summed E-state index contributed by atoms with van der Waals surface area (Å²) >= 11 is 0. The lowest BCUT2D eigenvalue weighted by Gasteiger charge is -2.25. The molecule has 1 unspecified atom stereocenters. The van der Waals surface area contributed by atoms with Gasteiger partial charge in [0.25, 0.3) is 5.70 Å². The van der Waals surface area contributed by atoms with Crippen molar-refractivity contribution in [2.24, 2.45) is 5.92 Å². The van der Waals surface area contributed by atoms with Crippen molar-refractivity contribution < 1.29 is 10.0 Å². The highest BCUT2D eigenvalue weighted by Crippen LogP contribution is 2.30. The minimum atomic E-state index is -0.338. The number of rotatable bonds is 2. The lowest BCUT2D eigenvalue weighted by atomic mass is 9.79. The quantitative estimate of drug-likeness (QED) is 0.545. The Balaban J connectivity index is 1.94. The van der Waals surface area contributed by atoms with Crippen LogP contribution in [0, 0.1) is 26.5 Å². The minimum Gasteiger partial charge on any atom is -0.507 e. The van der Waals surface area contributed by atoms with Crippen molar-refractivity contribution in [2.75, 3.05) is 0 Å². The molecule has 1 N–H and O–H groups in total. The maximum absolute atomic E-state index is 11.8. The van der Waals surface area contributed by atoms with E-state index < -0.39 is 0 Å². The van der Waals surface area contributed by atoms with E-state index in [0.717, 1.165) is 28.8 Å². The van der Waals surface area contributed by atoms with Crippen LogP contribution in [0.1, 0.15) is 30.0 Å². The fraction of sp³-hybridized carbons (Fsp3) is 0.200. The zero-order valence-electron chi connectivity index (χ0n) is 16.2. The van der Waals surface area contributed by atoms with E-state index in [4.69, 9.17) is 0 Å². The molecule has 0 fully saturated rings. The number of nitro groups is 1. The molecule has 144 valence electrons. The molecule has 4 nitrogen and oxygen atoms in total. The van der Waals surface area contributed by atoms with Gasteiger partial charge in [0.15, 0.2) is 0 Å². The van der Waals surface area contributed by atoms with Gasteiger partial charge in [0.1, 0.15) is 5.75 Å². The molecule has 2 aliphatic carbocycles. The molecule has 0 radical (unpaired) electrons. The maximum atomic E-state index is 11.8. The number of fused-ring (bicyclic) bond motifs is 4. The number of hydrogen-bond acceptors (Lipinski definition) is 3. The fourth-order valence-electron chi connectivity index (χ4n) is 4.93. The van der Waals surface area contributed by atoms with Gasteiger partial charge in [-0.15, -0.1) is 0 Å². The molecule has 3 aromatic carbocycles. The molecule has 0 heterocycles. The van der Waals surface area contributed by atoms with Crippen LogP contribution in [0.25, 0.3) is 11.3 Å². The van der Waals surface area contributed by atoms with E-state index in [1.165, 1.54) is 28.0 Å². The van der Waals surface area contributed by atoms with Gasteiger partial charge < -0.3 is 5.11 Å². The number of phenols is 1. The van der Waals surface area contributed by atoms with Crippen LogP contribution in [0.2, 0.25) is 0 Å². The van der Waals surface area contributed by atoms with E-state index >= 15 is 0 Å². The van der Waals surface area contributed by atoms with Crippen molar-refractivity contribution in [3.05, 3.63) is 108 Å². The van der Waals surface area contributed by atoms with Gasteiger partial charge in [-0.1, -0.05) is 61.5 Å². The fourth-order valence-corrected chi connectivity index (χ4v) is 4.93. The standard InChI is InChI=1S/C25H21NO3/c1-15-12-20(16-6-3-2-4-7-16)18-11-10-17-19-8-5-9-24(27)25(19)23(26(28)29)14-22(17)21(18)13-15/h2-11,15,27H,12-14H2,1H3. The van der Waals surface area contributed by atoms with Crippen LogP contribution in [0.15, 0.2) is 60.7 Å². The Labute approximate surface area is 167 Å². The first-order valence-corrected chi connectivity index (χ1v) is 9.94. The summed E-state index contributed by atoms with van der Waals surface area (Å²) in [5, 5.41) is 25.5. The summed E-state index contributed by atoms with van der Waals surface area (Å²) in [5.74, 6) is 0.441. The topological polar surface area (TPSA) is 63.4 Å². The van der Waals surface area contributed by atoms with E-state index in [-0.39, 0.29) is 22.8 Å². The Hall–Kier alpha value is -3.40. The second kappa shape index (κ2) is 6.59. The first-order chi connectivity index (χ1) is 14.0. The third kappa shape index (κ3) is 2.75. The van der Waals surface area contributed by atoms with Gasteiger partial charge >= 0.3 is 0 Å². The second-order valence-corrected chi connectivity index (χ2v) is 8.06. The van der Waals surface area contributed by atoms with E-state index in [2.05, 4.69) is 43.3 Å². The summed E-state index contributed by atoms with van der Waals surface area (Å²) in [4.78, 5) is 11.5. The van der Waals surface area contributed by atoms with Gasteiger partial charge in [-0.05, 0) is 62.7 Å². The molecule has 4 heteroatoms. The van der Waals surface area contributed by atoms with Crippen molar-refractivity contribution >= 4 is 11.3 Å². The van der Waals surface area contributed by atoms with Gasteiger partial charge in [0.2, 0.25) is 0 Å². The van der Waals surface area contributed by atoms with Crippen molar-refractivity contribution in [1.29, 1.82) is 0 Å². The molecular formula is C25H21NO3. The number of hydrogen-bond donors (Lipinski definition) is 1.